The van der Waals surface area contributed by atoms with Crippen molar-refractivity contribution in [1.29, 1.82) is 0 Å². The summed E-state index contributed by atoms with van der Waals surface area (Å²) in [7, 11) is 0. The number of aromatic nitrogens is 3. The molecule has 1 aromatic carbocycles. The average molecular weight is 315 g/mol. The van der Waals surface area contributed by atoms with Gasteiger partial charge in [-0.15, -0.1) is 11.3 Å². The van der Waals surface area contributed by atoms with Crippen molar-refractivity contribution < 1.29 is 8.78 Å². The number of thiophene rings is 1. The van der Waals surface area contributed by atoms with Gasteiger partial charge in [-0.05, 0) is 42.7 Å². The molecular formula is C16H11F2N3S. The van der Waals surface area contributed by atoms with Gasteiger partial charge < -0.3 is 0 Å². The van der Waals surface area contributed by atoms with E-state index in [1.54, 1.807) is 11.3 Å². The summed E-state index contributed by atoms with van der Waals surface area (Å²) < 4.78 is 28.5. The minimum Gasteiger partial charge on any atom is -0.214 e. The summed E-state index contributed by atoms with van der Waals surface area (Å²) in [5.74, 6) is -0.703. The van der Waals surface area contributed by atoms with Crippen molar-refractivity contribution in [2.45, 2.75) is 12.8 Å². The first-order valence-electron chi connectivity index (χ1n) is 6.87. The van der Waals surface area contributed by atoms with Crippen LogP contribution >= 0.6 is 11.3 Å². The van der Waals surface area contributed by atoms with Crippen LogP contribution in [0.5, 0.6) is 0 Å². The zero-order valence-electron chi connectivity index (χ0n) is 11.5. The number of nitrogens with zero attached hydrogens (tertiary/aromatic N) is 3. The molecule has 0 saturated heterocycles. The molecule has 1 aliphatic carbocycles. The van der Waals surface area contributed by atoms with Gasteiger partial charge in [-0.3, -0.25) is 0 Å². The van der Waals surface area contributed by atoms with Gasteiger partial charge in [-0.25, -0.2) is 18.4 Å². The molecule has 0 spiro atoms. The van der Waals surface area contributed by atoms with Crippen LogP contribution in [-0.2, 0) is 6.42 Å². The summed E-state index contributed by atoms with van der Waals surface area (Å²) in [6, 6.07) is 5.51. The van der Waals surface area contributed by atoms with Gasteiger partial charge in [0.15, 0.2) is 11.6 Å². The number of aryl methyl sites for hydroxylation is 1. The second-order valence-electron chi connectivity index (χ2n) is 5.03. The normalized spacial score (nSPS) is 13.4. The summed E-state index contributed by atoms with van der Waals surface area (Å²) in [4.78, 5) is 6.38. The molecule has 3 aromatic rings. The van der Waals surface area contributed by atoms with Gasteiger partial charge in [0.2, 0.25) is 0 Å². The van der Waals surface area contributed by atoms with E-state index >= 15 is 0 Å². The van der Waals surface area contributed by atoms with E-state index in [9.17, 15) is 8.78 Å². The zero-order valence-corrected chi connectivity index (χ0v) is 12.3. The number of allylic oxidation sites excluding steroid dienone is 1. The fourth-order valence-electron chi connectivity index (χ4n) is 2.56. The average Bonchev–Trinajstić information content (AvgIpc) is 3.13. The SMILES string of the molecule is Fc1ccc(-n2ncnc2-c2cc3c(s2)C=CCC3)c(F)c1. The highest BCUT2D eigenvalue weighted by atomic mass is 32.1. The molecular weight excluding hydrogens is 304 g/mol. The maximum absolute atomic E-state index is 14.0. The Labute approximate surface area is 129 Å². The summed E-state index contributed by atoms with van der Waals surface area (Å²) in [6.07, 6.45) is 7.66. The van der Waals surface area contributed by atoms with E-state index in [1.165, 1.54) is 33.6 Å². The molecule has 110 valence electrons. The third kappa shape index (κ3) is 2.16. The Morgan fingerprint density at radius 1 is 1.18 bits per heavy atom. The standard InChI is InChI=1S/C16H11F2N3S/c17-11-5-6-13(12(18)8-11)21-16(19-9-20-21)15-7-10-3-1-2-4-14(10)22-15/h2,4-9H,1,3H2. The lowest BCUT2D eigenvalue weighted by Gasteiger charge is -2.05. The third-order valence-electron chi connectivity index (χ3n) is 3.60. The van der Waals surface area contributed by atoms with Crippen molar-refractivity contribution in [3.8, 4) is 16.4 Å². The zero-order chi connectivity index (χ0) is 15.1. The molecule has 0 saturated carbocycles. The minimum absolute atomic E-state index is 0.191. The topological polar surface area (TPSA) is 30.7 Å². The second-order valence-corrected chi connectivity index (χ2v) is 6.12. The van der Waals surface area contributed by atoms with Gasteiger partial charge >= 0.3 is 0 Å². The number of fused-ring (bicyclic) bond motifs is 1. The van der Waals surface area contributed by atoms with Crippen molar-refractivity contribution >= 4 is 17.4 Å². The molecule has 0 atom stereocenters. The number of halogens is 2. The van der Waals surface area contributed by atoms with Gasteiger partial charge in [0.1, 0.15) is 17.8 Å². The summed E-state index contributed by atoms with van der Waals surface area (Å²) in [5.41, 5.74) is 1.47. The smallest absolute Gasteiger partial charge is 0.173 e. The fraction of sp³-hybridized carbons (Fsp3) is 0.125. The van der Waals surface area contributed by atoms with Crippen LogP contribution in [0.3, 0.4) is 0 Å². The predicted molar refractivity (Wildman–Crippen MR) is 81.9 cm³/mol. The quantitative estimate of drug-likeness (QED) is 0.708. The van der Waals surface area contributed by atoms with E-state index in [1.807, 2.05) is 0 Å². The molecule has 1 aliphatic rings. The van der Waals surface area contributed by atoms with Gasteiger partial charge in [0.05, 0.1) is 4.88 Å². The number of rotatable bonds is 2. The lowest BCUT2D eigenvalue weighted by atomic mass is 10.1. The second kappa shape index (κ2) is 5.14. The Bertz CT molecular complexity index is 879. The Morgan fingerprint density at radius 3 is 2.91 bits per heavy atom. The Hall–Kier alpha value is -2.34. The highest BCUT2D eigenvalue weighted by Gasteiger charge is 2.17. The van der Waals surface area contributed by atoms with Gasteiger partial charge in [0, 0.05) is 10.9 Å². The molecule has 22 heavy (non-hydrogen) atoms. The van der Waals surface area contributed by atoms with Crippen LogP contribution in [0.25, 0.3) is 22.5 Å². The maximum atomic E-state index is 14.0. The van der Waals surface area contributed by atoms with Crippen molar-refractivity contribution in [2.24, 2.45) is 0 Å². The number of hydrogen-bond acceptors (Lipinski definition) is 3. The Kier molecular flexibility index (Phi) is 3.11. The maximum Gasteiger partial charge on any atom is 0.173 e. The number of hydrogen-bond donors (Lipinski definition) is 0. The predicted octanol–water partition coefficient (Wildman–Crippen LogP) is 4.23. The molecule has 0 bridgehead atoms. The van der Waals surface area contributed by atoms with Gasteiger partial charge in [-0.2, -0.15) is 5.10 Å². The summed E-state index contributed by atoms with van der Waals surface area (Å²) in [6.45, 7) is 0. The molecule has 2 aromatic heterocycles. The first-order chi connectivity index (χ1) is 10.7. The van der Waals surface area contributed by atoms with E-state index in [2.05, 4.69) is 28.3 Å². The van der Waals surface area contributed by atoms with Crippen molar-refractivity contribution in [2.75, 3.05) is 0 Å². The Balaban J connectivity index is 1.83. The molecule has 2 heterocycles. The van der Waals surface area contributed by atoms with E-state index in [4.69, 9.17) is 0 Å². The van der Waals surface area contributed by atoms with Crippen molar-refractivity contribution in [1.82, 2.24) is 14.8 Å². The third-order valence-corrected chi connectivity index (χ3v) is 4.74. The van der Waals surface area contributed by atoms with Gasteiger partial charge in [-0.1, -0.05) is 6.08 Å². The van der Waals surface area contributed by atoms with Crippen LogP contribution in [0.15, 0.2) is 36.7 Å². The van der Waals surface area contributed by atoms with Crippen LogP contribution in [0.2, 0.25) is 0 Å². The van der Waals surface area contributed by atoms with Crippen LogP contribution in [0.4, 0.5) is 8.78 Å². The van der Waals surface area contributed by atoms with Crippen LogP contribution < -0.4 is 0 Å². The lowest BCUT2D eigenvalue weighted by molar-refractivity contribution is 0.574. The van der Waals surface area contributed by atoms with E-state index in [0.29, 0.717) is 5.82 Å². The highest BCUT2D eigenvalue weighted by molar-refractivity contribution is 7.16. The molecule has 0 unspecified atom stereocenters. The first kappa shape index (κ1) is 13.3. The molecule has 0 fully saturated rings. The van der Waals surface area contributed by atoms with Crippen molar-refractivity contribution in [3.63, 3.8) is 0 Å². The lowest BCUT2D eigenvalue weighted by Crippen LogP contribution is -2.02. The molecule has 6 heteroatoms. The van der Waals surface area contributed by atoms with Crippen LogP contribution in [0, 0.1) is 11.6 Å². The fourth-order valence-corrected chi connectivity index (χ4v) is 3.68. The largest absolute Gasteiger partial charge is 0.214 e. The monoisotopic (exact) mass is 315 g/mol. The number of benzene rings is 1. The molecule has 0 radical (unpaired) electrons. The summed E-state index contributed by atoms with van der Waals surface area (Å²) >= 11 is 1.60. The molecule has 3 nitrogen and oxygen atoms in total. The van der Waals surface area contributed by atoms with Crippen LogP contribution in [-0.4, -0.2) is 14.8 Å². The highest BCUT2D eigenvalue weighted by Crippen LogP contribution is 2.35. The van der Waals surface area contributed by atoms with E-state index < -0.39 is 11.6 Å². The summed E-state index contributed by atoms with van der Waals surface area (Å²) in [5, 5.41) is 4.09. The van der Waals surface area contributed by atoms with Crippen molar-refractivity contribution in [3.05, 3.63) is 58.7 Å². The molecule has 4 rings (SSSR count). The molecule has 0 amide bonds. The van der Waals surface area contributed by atoms with E-state index in [-0.39, 0.29) is 5.69 Å². The first-order valence-corrected chi connectivity index (χ1v) is 7.69. The Morgan fingerprint density at radius 2 is 2.09 bits per heavy atom. The minimum atomic E-state index is -0.659. The van der Waals surface area contributed by atoms with Gasteiger partial charge in [0.25, 0.3) is 0 Å². The van der Waals surface area contributed by atoms with E-state index in [0.717, 1.165) is 23.8 Å². The molecule has 0 N–H and O–H groups in total. The van der Waals surface area contributed by atoms with Crippen LogP contribution in [0.1, 0.15) is 16.9 Å². The molecule has 0 aliphatic heterocycles.